The molecule has 30 heavy (non-hydrogen) atoms. The van der Waals surface area contributed by atoms with Gasteiger partial charge in [0.1, 0.15) is 12.1 Å². The molecule has 1 spiro atoms. The Labute approximate surface area is 175 Å². The minimum Gasteiger partial charge on any atom is -0.504 e. The number of methoxy groups -OCH3 is 1. The number of carboxylic acids is 1. The summed E-state index contributed by atoms with van der Waals surface area (Å²) in [6.45, 7) is 2.35. The highest BCUT2D eigenvalue weighted by atomic mass is 16.5. The highest BCUT2D eigenvalue weighted by molar-refractivity contribution is 5.74. The van der Waals surface area contributed by atoms with E-state index in [1.165, 1.54) is 12.5 Å². The van der Waals surface area contributed by atoms with Crippen molar-refractivity contribution in [3.05, 3.63) is 23.3 Å². The van der Waals surface area contributed by atoms with Crippen LogP contribution >= 0.6 is 0 Å². The average Bonchev–Trinajstić information content (AvgIpc) is 3.06. The summed E-state index contributed by atoms with van der Waals surface area (Å²) in [5, 5.41) is 33.4. The van der Waals surface area contributed by atoms with Crippen molar-refractivity contribution in [3.63, 3.8) is 0 Å². The number of aromatic hydroxyl groups is 1. The number of phenols is 1. The van der Waals surface area contributed by atoms with Gasteiger partial charge in [-0.05, 0) is 57.8 Å². The van der Waals surface area contributed by atoms with Crippen molar-refractivity contribution in [1.82, 2.24) is 10.2 Å². The number of hydrogen-bond donors (Lipinski definition) is 4. The van der Waals surface area contributed by atoms with E-state index in [2.05, 4.69) is 17.3 Å². The van der Waals surface area contributed by atoms with Gasteiger partial charge in [0, 0.05) is 24.8 Å². The maximum atomic E-state index is 11.7. The van der Waals surface area contributed by atoms with Gasteiger partial charge >= 0.3 is 5.97 Å². The first-order valence-corrected chi connectivity index (χ1v) is 10.7. The van der Waals surface area contributed by atoms with Crippen molar-refractivity contribution >= 4 is 5.97 Å². The van der Waals surface area contributed by atoms with Gasteiger partial charge in [0.05, 0.1) is 17.1 Å². The summed E-state index contributed by atoms with van der Waals surface area (Å²) in [4.78, 5) is 14.1. The summed E-state index contributed by atoms with van der Waals surface area (Å²) in [6.07, 6.45) is 1.60. The number of aliphatic carboxylic acids is 1. The zero-order chi connectivity index (χ0) is 21.4. The molecule has 1 saturated heterocycles. The molecule has 1 aromatic rings. The topological polar surface area (TPSA) is 111 Å². The number of likely N-dealkylation sites (tertiary alicyclic amines) is 1. The monoisotopic (exact) mass is 418 g/mol. The van der Waals surface area contributed by atoms with Crippen LogP contribution in [0, 0.1) is 0 Å². The van der Waals surface area contributed by atoms with Crippen LogP contribution in [0.3, 0.4) is 0 Å². The van der Waals surface area contributed by atoms with Gasteiger partial charge in [-0.3, -0.25) is 10.1 Å². The van der Waals surface area contributed by atoms with Crippen LogP contribution in [0.2, 0.25) is 0 Å². The molecule has 8 nitrogen and oxygen atoms in total. The summed E-state index contributed by atoms with van der Waals surface area (Å²) < 4.78 is 12.8. The predicted octanol–water partition coefficient (Wildman–Crippen LogP) is 0.622. The Kier molecular flexibility index (Phi) is 4.39. The second-order valence-electron chi connectivity index (χ2n) is 9.37. The molecule has 0 radical (unpaired) electrons. The summed E-state index contributed by atoms with van der Waals surface area (Å²) >= 11 is 0. The van der Waals surface area contributed by atoms with E-state index < -0.39 is 29.1 Å². The van der Waals surface area contributed by atoms with Crippen LogP contribution in [0.4, 0.5) is 0 Å². The van der Waals surface area contributed by atoms with Crippen LogP contribution in [-0.4, -0.2) is 82.8 Å². The predicted molar refractivity (Wildman–Crippen MR) is 108 cm³/mol. The van der Waals surface area contributed by atoms with Crippen LogP contribution in [0.1, 0.15) is 37.3 Å². The lowest BCUT2D eigenvalue weighted by atomic mass is 9.48. The molecule has 4 N–H and O–H groups in total. The van der Waals surface area contributed by atoms with E-state index in [9.17, 15) is 20.1 Å². The summed E-state index contributed by atoms with van der Waals surface area (Å²) in [7, 11) is 3.90. The Balaban J connectivity index is 1.67. The molecule has 2 bridgehead atoms. The van der Waals surface area contributed by atoms with Gasteiger partial charge in [-0.2, -0.15) is 0 Å². The van der Waals surface area contributed by atoms with Crippen LogP contribution in [0.5, 0.6) is 11.5 Å². The normalized spacial score (nSPS) is 38.5. The molecule has 4 aliphatic rings. The third-order valence-corrected chi connectivity index (χ3v) is 8.20. The van der Waals surface area contributed by atoms with Gasteiger partial charge in [0.25, 0.3) is 0 Å². The van der Waals surface area contributed by atoms with Crippen molar-refractivity contribution in [3.8, 4) is 11.5 Å². The van der Waals surface area contributed by atoms with Gasteiger partial charge in [-0.25, -0.2) is 0 Å². The number of carboxylic acid groups (broad SMARTS) is 1. The molecule has 2 aliphatic heterocycles. The van der Waals surface area contributed by atoms with Gasteiger partial charge in [0.15, 0.2) is 11.5 Å². The molecule has 0 amide bonds. The number of aliphatic hydroxyl groups is 1. The SMILES string of the molecule is CO[C@@]12CC[C@@H](N[C@H](C(=O)O)[C@@H](C)O)[C@@H]3Oc4c(O)ccc5c4[C@@]31CCN(C)C2C5. The van der Waals surface area contributed by atoms with E-state index >= 15 is 0 Å². The highest BCUT2D eigenvalue weighted by Crippen LogP contribution is 2.66. The van der Waals surface area contributed by atoms with Crippen molar-refractivity contribution in [1.29, 1.82) is 0 Å². The lowest BCUT2D eigenvalue weighted by Gasteiger charge is -2.65. The number of phenolic OH excluding ortho intramolecular Hbond substituents is 1. The number of aliphatic hydroxyl groups excluding tert-OH is 1. The number of hydrogen-bond acceptors (Lipinski definition) is 7. The summed E-state index contributed by atoms with van der Waals surface area (Å²) in [5.74, 6) is -0.460. The van der Waals surface area contributed by atoms with Gasteiger partial charge in [-0.1, -0.05) is 6.07 Å². The number of rotatable bonds is 5. The Bertz CT molecular complexity index is 891. The molecular weight excluding hydrogens is 388 g/mol. The molecule has 1 saturated carbocycles. The molecule has 2 fully saturated rings. The fourth-order valence-electron chi connectivity index (χ4n) is 6.96. The number of carbonyl (C=O) groups is 1. The summed E-state index contributed by atoms with van der Waals surface area (Å²) in [5.41, 5.74) is 1.26. The smallest absolute Gasteiger partial charge is 0.323 e. The zero-order valence-electron chi connectivity index (χ0n) is 17.6. The number of ether oxygens (including phenoxy) is 2. The van der Waals surface area contributed by atoms with E-state index in [1.807, 2.05) is 6.07 Å². The van der Waals surface area contributed by atoms with E-state index in [-0.39, 0.29) is 23.9 Å². The number of likely N-dealkylation sites (N-methyl/N-ethyl adjacent to an activating group) is 1. The zero-order valence-corrected chi connectivity index (χ0v) is 17.6. The minimum atomic E-state index is -1.09. The van der Waals surface area contributed by atoms with Crippen molar-refractivity contribution in [2.24, 2.45) is 0 Å². The quantitative estimate of drug-likeness (QED) is 0.551. The Morgan fingerprint density at radius 1 is 1.40 bits per heavy atom. The van der Waals surface area contributed by atoms with Crippen LogP contribution in [-0.2, 0) is 21.4 Å². The number of nitrogens with one attached hydrogen (secondary N) is 1. The van der Waals surface area contributed by atoms with Crippen molar-refractivity contribution in [2.45, 2.75) is 74.0 Å². The third-order valence-electron chi connectivity index (χ3n) is 8.20. The molecule has 5 rings (SSSR count). The number of piperidine rings is 1. The van der Waals surface area contributed by atoms with Crippen molar-refractivity contribution < 1.29 is 29.6 Å². The molecule has 8 heteroatoms. The first kappa shape index (κ1) is 20.1. The standard InChI is InChI=1S/C22H30N2O6/c1-11(25)17(20(27)28)23-13-6-7-22(29-3)15-10-12-4-5-14(26)18-16(12)21(22,19(13)30-18)8-9-24(15)2/h4-5,11,13,15,17,19,23,25-26H,6-10H2,1-3H3,(H,27,28)/t11-,13-,15?,17+,19+,21+,22-/m1/s1. The largest absolute Gasteiger partial charge is 0.504 e. The van der Waals surface area contributed by atoms with E-state index in [0.29, 0.717) is 12.2 Å². The molecule has 2 aliphatic carbocycles. The number of benzene rings is 1. The lowest BCUT2D eigenvalue weighted by molar-refractivity contribution is -0.204. The molecule has 0 aromatic heterocycles. The van der Waals surface area contributed by atoms with Crippen LogP contribution < -0.4 is 10.1 Å². The molecule has 1 aromatic carbocycles. The Hall–Kier alpha value is -1.87. The van der Waals surface area contributed by atoms with E-state index in [4.69, 9.17) is 9.47 Å². The molecular formula is C22H30N2O6. The number of nitrogens with zero attached hydrogens (tertiary/aromatic N) is 1. The van der Waals surface area contributed by atoms with Gasteiger partial charge in [-0.15, -0.1) is 0 Å². The second-order valence-corrected chi connectivity index (χ2v) is 9.37. The average molecular weight is 418 g/mol. The Morgan fingerprint density at radius 3 is 2.83 bits per heavy atom. The minimum absolute atomic E-state index is 0.115. The van der Waals surface area contributed by atoms with Gasteiger partial charge < -0.3 is 29.7 Å². The fraction of sp³-hybridized carbons (Fsp3) is 0.682. The lowest BCUT2D eigenvalue weighted by Crippen LogP contribution is -2.78. The van der Waals surface area contributed by atoms with E-state index in [0.717, 1.165) is 31.4 Å². The third kappa shape index (κ3) is 2.28. The Morgan fingerprint density at radius 2 is 2.17 bits per heavy atom. The van der Waals surface area contributed by atoms with E-state index in [1.54, 1.807) is 13.2 Å². The first-order chi connectivity index (χ1) is 14.3. The molecule has 2 heterocycles. The maximum absolute atomic E-state index is 11.7. The molecule has 7 atom stereocenters. The summed E-state index contributed by atoms with van der Waals surface area (Å²) in [6, 6.07) is 2.48. The second kappa shape index (κ2) is 6.56. The van der Waals surface area contributed by atoms with Crippen molar-refractivity contribution in [2.75, 3.05) is 20.7 Å². The maximum Gasteiger partial charge on any atom is 0.323 e. The fourth-order valence-corrected chi connectivity index (χ4v) is 6.96. The van der Waals surface area contributed by atoms with Gasteiger partial charge in [0.2, 0.25) is 0 Å². The van der Waals surface area contributed by atoms with Crippen LogP contribution in [0.25, 0.3) is 0 Å². The first-order valence-electron chi connectivity index (χ1n) is 10.7. The van der Waals surface area contributed by atoms with Crippen LogP contribution in [0.15, 0.2) is 12.1 Å². The highest BCUT2D eigenvalue weighted by Gasteiger charge is 2.73. The molecule has 1 unspecified atom stereocenters. The molecule has 164 valence electrons.